The largest absolute Gasteiger partial charge is 0.497 e. The molecule has 0 amide bonds. The van der Waals surface area contributed by atoms with Crippen molar-refractivity contribution in [1.82, 2.24) is 4.98 Å². The molecule has 1 aromatic heterocycles. The van der Waals surface area contributed by atoms with Crippen molar-refractivity contribution in [2.24, 2.45) is 0 Å². The molecule has 20 heavy (non-hydrogen) atoms. The highest BCUT2D eigenvalue weighted by Crippen LogP contribution is 2.33. The Labute approximate surface area is 120 Å². The van der Waals surface area contributed by atoms with Gasteiger partial charge in [0.1, 0.15) is 16.4 Å². The summed E-state index contributed by atoms with van der Waals surface area (Å²) in [6, 6.07) is 5.30. The van der Waals surface area contributed by atoms with Crippen molar-refractivity contribution < 1.29 is 19.4 Å². The number of rotatable bonds is 5. The normalized spacial score (nSPS) is 10.2. The van der Waals surface area contributed by atoms with Crippen molar-refractivity contribution in [1.29, 1.82) is 0 Å². The molecular formula is C13H14N2O4S. The molecule has 106 valence electrons. The van der Waals surface area contributed by atoms with Gasteiger partial charge < -0.3 is 19.9 Å². The summed E-state index contributed by atoms with van der Waals surface area (Å²) < 4.78 is 10.4. The van der Waals surface area contributed by atoms with Gasteiger partial charge in [0.25, 0.3) is 0 Å². The lowest BCUT2D eigenvalue weighted by atomic mass is 10.2. The Hall–Kier alpha value is -2.28. The fraction of sp³-hybridized carbons (Fsp3) is 0.231. The molecule has 2 aromatic rings. The Morgan fingerprint density at radius 2 is 2.10 bits per heavy atom. The van der Waals surface area contributed by atoms with Gasteiger partial charge in [-0.25, -0.2) is 9.78 Å². The number of hydrogen-bond acceptors (Lipinski definition) is 6. The average molecular weight is 294 g/mol. The highest BCUT2D eigenvalue weighted by atomic mass is 32.1. The molecule has 0 spiro atoms. The SMILES string of the molecule is COc1ccc(OC)c(Nc2nc(C)c(C(=O)O)s2)c1. The van der Waals surface area contributed by atoms with E-state index in [1.165, 1.54) is 0 Å². The third-order valence-electron chi connectivity index (χ3n) is 2.64. The van der Waals surface area contributed by atoms with Gasteiger partial charge in [0.2, 0.25) is 0 Å². The fourth-order valence-corrected chi connectivity index (χ4v) is 2.49. The summed E-state index contributed by atoms with van der Waals surface area (Å²) in [6.07, 6.45) is 0. The lowest BCUT2D eigenvalue weighted by molar-refractivity contribution is 0.0701. The third kappa shape index (κ3) is 2.83. The third-order valence-corrected chi connectivity index (χ3v) is 3.70. The standard InChI is InChI=1S/C13H14N2O4S/c1-7-11(12(16)17)20-13(14-7)15-9-6-8(18-2)4-5-10(9)19-3/h4-6H,1-3H3,(H,14,15)(H,16,17). The minimum absolute atomic E-state index is 0.217. The van der Waals surface area contributed by atoms with Gasteiger partial charge in [0.15, 0.2) is 5.13 Å². The van der Waals surface area contributed by atoms with E-state index in [1.54, 1.807) is 39.3 Å². The van der Waals surface area contributed by atoms with Crippen molar-refractivity contribution in [3.05, 3.63) is 28.8 Å². The molecule has 0 saturated heterocycles. The first-order valence-electron chi connectivity index (χ1n) is 5.75. The molecule has 2 rings (SSSR count). The molecule has 0 unspecified atom stereocenters. The first-order valence-corrected chi connectivity index (χ1v) is 6.56. The van der Waals surface area contributed by atoms with E-state index in [1.807, 2.05) is 0 Å². The van der Waals surface area contributed by atoms with Crippen molar-refractivity contribution in [2.75, 3.05) is 19.5 Å². The number of methoxy groups -OCH3 is 2. The highest BCUT2D eigenvalue weighted by Gasteiger charge is 2.15. The van der Waals surface area contributed by atoms with Crippen molar-refractivity contribution >= 4 is 28.1 Å². The molecule has 0 atom stereocenters. The van der Waals surface area contributed by atoms with Crippen LogP contribution in [0, 0.1) is 6.92 Å². The van der Waals surface area contributed by atoms with Crippen LogP contribution in [0.3, 0.4) is 0 Å². The van der Waals surface area contributed by atoms with E-state index in [2.05, 4.69) is 10.3 Å². The quantitative estimate of drug-likeness (QED) is 0.882. The fourth-order valence-electron chi connectivity index (χ4n) is 1.68. The zero-order valence-electron chi connectivity index (χ0n) is 11.3. The molecule has 1 aromatic carbocycles. The Bertz CT molecular complexity index is 639. The summed E-state index contributed by atoms with van der Waals surface area (Å²) in [5, 5.41) is 12.6. The summed E-state index contributed by atoms with van der Waals surface area (Å²) in [5.41, 5.74) is 1.14. The van der Waals surface area contributed by atoms with Crippen molar-refractivity contribution in [3.63, 3.8) is 0 Å². The first-order chi connectivity index (χ1) is 9.55. The summed E-state index contributed by atoms with van der Waals surface area (Å²) >= 11 is 1.08. The number of carboxylic acids is 1. The topological polar surface area (TPSA) is 80.7 Å². The van der Waals surface area contributed by atoms with Gasteiger partial charge in [-0.2, -0.15) is 0 Å². The van der Waals surface area contributed by atoms with Crippen LogP contribution in [0.15, 0.2) is 18.2 Å². The van der Waals surface area contributed by atoms with Gasteiger partial charge in [-0.15, -0.1) is 0 Å². The van der Waals surface area contributed by atoms with E-state index in [9.17, 15) is 4.79 Å². The molecule has 7 heteroatoms. The number of carbonyl (C=O) groups is 1. The Kier molecular flexibility index (Phi) is 4.09. The second-order valence-corrected chi connectivity index (χ2v) is 4.93. The van der Waals surface area contributed by atoms with Crippen LogP contribution in [0.2, 0.25) is 0 Å². The number of anilines is 2. The van der Waals surface area contributed by atoms with Crippen LogP contribution in [-0.2, 0) is 0 Å². The molecular weight excluding hydrogens is 280 g/mol. The van der Waals surface area contributed by atoms with Gasteiger partial charge in [0.05, 0.1) is 25.6 Å². The van der Waals surface area contributed by atoms with Crippen molar-refractivity contribution in [2.45, 2.75) is 6.92 Å². The predicted octanol–water partition coefficient (Wildman–Crippen LogP) is 2.91. The molecule has 0 aliphatic rings. The molecule has 2 N–H and O–H groups in total. The maximum Gasteiger partial charge on any atom is 0.347 e. The minimum atomic E-state index is -0.981. The van der Waals surface area contributed by atoms with E-state index in [-0.39, 0.29) is 4.88 Å². The van der Waals surface area contributed by atoms with Gasteiger partial charge in [-0.3, -0.25) is 0 Å². The van der Waals surface area contributed by atoms with E-state index >= 15 is 0 Å². The number of aromatic carboxylic acids is 1. The molecule has 1 heterocycles. The van der Waals surface area contributed by atoms with Crippen LogP contribution in [0.25, 0.3) is 0 Å². The van der Waals surface area contributed by atoms with Crippen LogP contribution >= 0.6 is 11.3 Å². The maximum absolute atomic E-state index is 11.0. The first kappa shape index (κ1) is 14.1. The lowest BCUT2D eigenvalue weighted by Crippen LogP contribution is -1.95. The number of hydrogen-bond donors (Lipinski definition) is 2. The molecule has 0 fully saturated rings. The zero-order valence-corrected chi connectivity index (χ0v) is 12.1. The second kappa shape index (κ2) is 5.79. The number of aromatic nitrogens is 1. The van der Waals surface area contributed by atoms with Gasteiger partial charge in [0, 0.05) is 6.07 Å². The molecule has 0 aliphatic heterocycles. The molecule has 0 saturated carbocycles. The number of thiazole rings is 1. The smallest absolute Gasteiger partial charge is 0.347 e. The molecule has 0 bridgehead atoms. The van der Waals surface area contributed by atoms with E-state index < -0.39 is 5.97 Å². The van der Waals surface area contributed by atoms with Crippen LogP contribution in [0.1, 0.15) is 15.4 Å². The Balaban J connectivity index is 2.33. The molecule has 0 radical (unpaired) electrons. The van der Waals surface area contributed by atoms with Crippen LogP contribution in [0.5, 0.6) is 11.5 Å². The van der Waals surface area contributed by atoms with E-state index in [0.717, 1.165) is 11.3 Å². The van der Waals surface area contributed by atoms with Crippen LogP contribution in [-0.4, -0.2) is 30.3 Å². The van der Waals surface area contributed by atoms with Gasteiger partial charge in [-0.1, -0.05) is 11.3 Å². The summed E-state index contributed by atoms with van der Waals surface area (Å²) in [5.74, 6) is 0.307. The van der Waals surface area contributed by atoms with E-state index in [4.69, 9.17) is 14.6 Å². The minimum Gasteiger partial charge on any atom is -0.497 e. The number of carboxylic acid groups (broad SMARTS) is 1. The highest BCUT2D eigenvalue weighted by molar-refractivity contribution is 7.17. The number of nitrogens with zero attached hydrogens (tertiary/aromatic N) is 1. The zero-order chi connectivity index (χ0) is 14.7. The van der Waals surface area contributed by atoms with Crippen LogP contribution in [0.4, 0.5) is 10.8 Å². The van der Waals surface area contributed by atoms with Crippen molar-refractivity contribution in [3.8, 4) is 11.5 Å². The monoisotopic (exact) mass is 294 g/mol. The number of ether oxygens (including phenoxy) is 2. The average Bonchev–Trinajstić information content (AvgIpc) is 2.79. The van der Waals surface area contributed by atoms with E-state index in [0.29, 0.717) is 28.0 Å². The summed E-state index contributed by atoms with van der Waals surface area (Å²) in [4.78, 5) is 15.4. The summed E-state index contributed by atoms with van der Waals surface area (Å²) in [6.45, 7) is 1.66. The van der Waals surface area contributed by atoms with Gasteiger partial charge >= 0.3 is 5.97 Å². The number of benzene rings is 1. The number of nitrogens with one attached hydrogen (secondary N) is 1. The maximum atomic E-state index is 11.0. The Morgan fingerprint density at radius 1 is 1.35 bits per heavy atom. The lowest BCUT2D eigenvalue weighted by Gasteiger charge is -2.10. The Morgan fingerprint density at radius 3 is 2.65 bits per heavy atom. The number of aryl methyl sites for hydroxylation is 1. The molecule has 0 aliphatic carbocycles. The summed E-state index contributed by atoms with van der Waals surface area (Å²) in [7, 11) is 3.13. The predicted molar refractivity (Wildman–Crippen MR) is 76.6 cm³/mol. The second-order valence-electron chi connectivity index (χ2n) is 3.93. The van der Waals surface area contributed by atoms with Gasteiger partial charge in [-0.05, 0) is 19.1 Å². The van der Waals surface area contributed by atoms with Crippen LogP contribution < -0.4 is 14.8 Å². The molecule has 6 nitrogen and oxygen atoms in total.